The van der Waals surface area contributed by atoms with Gasteiger partial charge in [-0.1, -0.05) is 160 Å². The van der Waals surface area contributed by atoms with Crippen molar-refractivity contribution in [2.45, 2.75) is 92.4 Å². The van der Waals surface area contributed by atoms with Crippen molar-refractivity contribution < 1.29 is 4.42 Å². The van der Waals surface area contributed by atoms with Crippen LogP contribution in [0, 0.1) is 6.92 Å². The number of allylic oxidation sites excluding steroid dienone is 2. The summed E-state index contributed by atoms with van der Waals surface area (Å²) in [5, 5.41) is 4.70. The lowest BCUT2D eigenvalue weighted by Crippen LogP contribution is -2.60. The molecule has 12 rings (SSSR count). The van der Waals surface area contributed by atoms with E-state index in [0.717, 1.165) is 60.6 Å². The number of aromatic nitrogens is 1. The van der Waals surface area contributed by atoms with Crippen LogP contribution in [-0.4, -0.2) is 11.3 Å². The van der Waals surface area contributed by atoms with E-state index in [1.54, 1.807) is 0 Å². The van der Waals surface area contributed by atoms with Crippen LogP contribution in [0.3, 0.4) is 0 Å². The maximum Gasteiger partial charge on any atom is 0.252 e. The lowest BCUT2D eigenvalue weighted by molar-refractivity contribution is 0.587. The molecule has 0 aliphatic carbocycles. The number of fused-ring (bicyclic) bond motifs is 10. The zero-order valence-electron chi connectivity index (χ0n) is 42.4. The fraction of sp³-hybridized carbons (Fsp3) is 0.219. The van der Waals surface area contributed by atoms with Crippen molar-refractivity contribution in [2.24, 2.45) is 0 Å². The molecule has 0 fully saturated rings. The van der Waals surface area contributed by atoms with Gasteiger partial charge in [-0.05, 0) is 129 Å². The van der Waals surface area contributed by atoms with Crippen LogP contribution in [0.2, 0.25) is 0 Å². The number of rotatable bonds is 5. The summed E-state index contributed by atoms with van der Waals surface area (Å²) in [7, 11) is 0. The van der Waals surface area contributed by atoms with Crippen molar-refractivity contribution >= 4 is 124 Å². The molecule has 0 N–H and O–H groups in total. The van der Waals surface area contributed by atoms with Gasteiger partial charge in [0, 0.05) is 60.0 Å². The molecule has 4 nitrogen and oxygen atoms in total. The van der Waals surface area contributed by atoms with Gasteiger partial charge in [0.05, 0.1) is 21.4 Å². The minimum absolute atomic E-state index is 0.0209. The topological polar surface area (TPSA) is 24.6 Å². The molecule has 0 atom stereocenters. The van der Waals surface area contributed by atoms with Crippen molar-refractivity contribution in [1.29, 1.82) is 0 Å². The molecule has 0 saturated carbocycles. The first kappa shape index (κ1) is 44.2. The molecule has 5 heterocycles. The lowest BCUT2D eigenvalue weighted by atomic mass is 9.33. The quantitative estimate of drug-likeness (QED) is 0.161. The van der Waals surface area contributed by atoms with Crippen molar-refractivity contribution in [2.75, 3.05) is 9.80 Å². The second-order valence-electron chi connectivity index (χ2n) is 22.8. The van der Waals surface area contributed by atoms with E-state index in [-0.39, 0.29) is 23.0 Å². The Labute approximate surface area is 416 Å². The molecule has 0 bridgehead atoms. The van der Waals surface area contributed by atoms with Gasteiger partial charge in [0.2, 0.25) is 0 Å². The molecule has 6 heteroatoms. The number of nitrogens with zero attached hydrogens (tertiary/aromatic N) is 3. The van der Waals surface area contributed by atoms with Gasteiger partial charge in [0.1, 0.15) is 5.58 Å². The van der Waals surface area contributed by atoms with Crippen molar-refractivity contribution in [3.05, 3.63) is 178 Å². The summed E-state index contributed by atoms with van der Waals surface area (Å²) in [4.78, 5) is 4.96. The SMILES string of the molecule is C=c1sc2c3cccc4c3n(c2/c1=C/C=C\C)-c1cc(C)cc2c1B4c1ccc(N(c3ccc(C(C)(C)C)cc3)c3ccc(C(C)(C)C)cc3)cc1N2c1cccc2c1oc1cc(C(C)(C)C)ccc12. The molecule has 0 amide bonds. The third kappa shape index (κ3) is 6.70. The number of hydrogen-bond acceptors (Lipinski definition) is 4. The van der Waals surface area contributed by atoms with Gasteiger partial charge < -0.3 is 18.8 Å². The average Bonchev–Trinajstić information content (AvgIpc) is 3.97. The molecule has 0 spiro atoms. The Morgan fingerprint density at radius 2 is 1.20 bits per heavy atom. The third-order valence-electron chi connectivity index (χ3n) is 15.0. The predicted octanol–water partition coefficient (Wildman–Crippen LogP) is 14.8. The Morgan fingerprint density at radius 3 is 1.86 bits per heavy atom. The molecule has 2 aliphatic rings. The number of para-hydroxylation sites is 2. The Kier molecular flexibility index (Phi) is 9.78. The van der Waals surface area contributed by atoms with E-state index in [9.17, 15) is 0 Å². The van der Waals surface area contributed by atoms with Gasteiger partial charge in [-0.25, -0.2) is 0 Å². The average molecular weight is 930 g/mol. The second kappa shape index (κ2) is 15.5. The van der Waals surface area contributed by atoms with E-state index in [1.165, 1.54) is 70.7 Å². The van der Waals surface area contributed by atoms with Gasteiger partial charge >= 0.3 is 0 Å². The van der Waals surface area contributed by atoms with E-state index in [1.807, 2.05) is 11.3 Å². The number of hydrogen-bond donors (Lipinski definition) is 0. The molecule has 0 unspecified atom stereocenters. The number of anilines is 6. The van der Waals surface area contributed by atoms with E-state index in [4.69, 9.17) is 4.42 Å². The monoisotopic (exact) mass is 929 g/mol. The van der Waals surface area contributed by atoms with E-state index in [2.05, 4.69) is 249 Å². The third-order valence-corrected chi connectivity index (χ3v) is 16.0. The molecule has 0 radical (unpaired) electrons. The zero-order valence-corrected chi connectivity index (χ0v) is 43.2. The summed E-state index contributed by atoms with van der Waals surface area (Å²) in [5.74, 6) is 0. The highest BCUT2D eigenvalue weighted by atomic mass is 32.1. The van der Waals surface area contributed by atoms with Crippen LogP contribution < -0.4 is 35.9 Å². The summed E-state index contributed by atoms with van der Waals surface area (Å²) in [5.41, 5.74) is 21.1. The highest BCUT2D eigenvalue weighted by molar-refractivity contribution is 7.18. The van der Waals surface area contributed by atoms with Crippen LogP contribution in [0.15, 0.2) is 150 Å². The molecule has 70 heavy (non-hydrogen) atoms. The molecular weight excluding hydrogens is 870 g/mol. The normalized spacial score (nSPS) is 14.0. The van der Waals surface area contributed by atoms with Crippen LogP contribution in [-0.2, 0) is 16.2 Å². The first-order valence-electron chi connectivity index (χ1n) is 24.8. The summed E-state index contributed by atoms with van der Waals surface area (Å²) in [6.45, 7) is 29.4. The summed E-state index contributed by atoms with van der Waals surface area (Å²) in [6.07, 6.45) is 6.49. The Hall–Kier alpha value is -7.02. The van der Waals surface area contributed by atoms with Crippen LogP contribution in [0.1, 0.15) is 91.5 Å². The molecular formula is C64H60BN3OS. The minimum atomic E-state index is -0.0249. The Balaban J connectivity index is 1.18. The summed E-state index contributed by atoms with van der Waals surface area (Å²) < 4.78 is 12.1. The fourth-order valence-electron chi connectivity index (χ4n) is 11.3. The maximum absolute atomic E-state index is 7.15. The van der Waals surface area contributed by atoms with Gasteiger partial charge in [0.25, 0.3) is 6.71 Å². The van der Waals surface area contributed by atoms with Gasteiger partial charge in [-0.3, -0.25) is 0 Å². The largest absolute Gasteiger partial charge is 0.454 e. The number of thiophene rings is 1. The van der Waals surface area contributed by atoms with E-state index < -0.39 is 0 Å². The van der Waals surface area contributed by atoms with E-state index >= 15 is 0 Å². The summed E-state index contributed by atoms with van der Waals surface area (Å²) in [6, 6.07) is 50.8. The van der Waals surface area contributed by atoms with Crippen molar-refractivity contribution in [3.63, 3.8) is 0 Å². The minimum Gasteiger partial charge on any atom is -0.454 e. The second-order valence-corrected chi connectivity index (χ2v) is 23.9. The summed E-state index contributed by atoms with van der Waals surface area (Å²) >= 11 is 1.81. The van der Waals surface area contributed by atoms with Crippen LogP contribution in [0.25, 0.3) is 61.4 Å². The Morgan fingerprint density at radius 1 is 0.586 bits per heavy atom. The highest BCUT2D eigenvalue weighted by Gasteiger charge is 2.43. The lowest BCUT2D eigenvalue weighted by Gasteiger charge is -2.41. The maximum atomic E-state index is 7.15. The van der Waals surface area contributed by atoms with Crippen LogP contribution >= 0.6 is 11.3 Å². The molecule has 10 aromatic rings. The first-order valence-corrected chi connectivity index (χ1v) is 25.7. The fourth-order valence-corrected chi connectivity index (χ4v) is 12.4. The highest BCUT2D eigenvalue weighted by Crippen LogP contribution is 2.48. The predicted molar refractivity (Wildman–Crippen MR) is 305 cm³/mol. The molecule has 2 aliphatic heterocycles. The van der Waals surface area contributed by atoms with Gasteiger partial charge in [-0.2, -0.15) is 0 Å². The first-order chi connectivity index (χ1) is 33.4. The molecule has 3 aromatic heterocycles. The zero-order chi connectivity index (χ0) is 48.8. The van der Waals surface area contributed by atoms with Crippen LogP contribution in [0.4, 0.5) is 34.1 Å². The number of aryl methyl sites for hydroxylation is 1. The number of benzene rings is 7. The smallest absolute Gasteiger partial charge is 0.252 e. The van der Waals surface area contributed by atoms with Crippen molar-refractivity contribution in [3.8, 4) is 5.69 Å². The number of furan rings is 1. The molecule has 346 valence electrons. The van der Waals surface area contributed by atoms with Crippen molar-refractivity contribution in [1.82, 2.24) is 4.57 Å². The van der Waals surface area contributed by atoms with Gasteiger partial charge in [0.15, 0.2) is 5.58 Å². The van der Waals surface area contributed by atoms with E-state index in [0.29, 0.717) is 0 Å². The Bertz CT molecular complexity index is 3880. The standard InChI is InChI=1S/C64H60BN3OS/c1-13-14-17-46-39(3)70-61-49-19-15-20-51-58(49)68(59(46)61)55-35-38(2)34-54-57(55)65(51)50-33-31-45(66(43-27-22-40(23-28-43)62(4,5)6)44-29-24-41(25-30-44)63(7,8)9)37-53(50)67(54)52-21-16-18-48-47-32-26-42(64(10,11)12)36-56(47)69-60(48)52/h13-37H,3H2,1-2,4-12H3/b14-13-,46-17+. The van der Waals surface area contributed by atoms with Crippen LogP contribution in [0.5, 0.6) is 0 Å². The molecule has 7 aromatic carbocycles. The molecule has 0 saturated heterocycles. The van der Waals surface area contributed by atoms with Gasteiger partial charge in [-0.15, -0.1) is 11.3 Å².